The molecule has 3 rings (SSSR count). The van der Waals surface area contributed by atoms with Gasteiger partial charge in [-0.1, -0.05) is 42.7 Å². The zero-order valence-corrected chi connectivity index (χ0v) is 14.3. The van der Waals surface area contributed by atoms with Crippen LogP contribution in [0.4, 0.5) is 0 Å². The van der Waals surface area contributed by atoms with Crippen molar-refractivity contribution in [1.29, 1.82) is 0 Å². The second-order valence-electron chi connectivity index (χ2n) is 7.00. The predicted octanol–water partition coefficient (Wildman–Crippen LogP) is 2.13. The van der Waals surface area contributed by atoms with Gasteiger partial charge in [-0.25, -0.2) is 0 Å². The van der Waals surface area contributed by atoms with E-state index in [0.29, 0.717) is 6.54 Å². The minimum Gasteiger partial charge on any atom is -0.340 e. The van der Waals surface area contributed by atoms with Crippen LogP contribution in [0.5, 0.6) is 0 Å². The van der Waals surface area contributed by atoms with Gasteiger partial charge >= 0.3 is 0 Å². The number of fused-ring (bicyclic) bond motifs is 1. The lowest BCUT2D eigenvalue weighted by molar-refractivity contribution is -0.146. The molecule has 1 aromatic rings. The number of imide groups is 1. The van der Waals surface area contributed by atoms with Gasteiger partial charge in [0.05, 0.1) is 11.8 Å². The zero-order chi connectivity index (χ0) is 17.3. The van der Waals surface area contributed by atoms with Gasteiger partial charge in [-0.3, -0.25) is 19.3 Å². The highest BCUT2D eigenvalue weighted by molar-refractivity contribution is 6.07. The van der Waals surface area contributed by atoms with Gasteiger partial charge in [-0.15, -0.1) is 0 Å². The van der Waals surface area contributed by atoms with Gasteiger partial charge in [0, 0.05) is 13.6 Å². The number of rotatable bonds is 4. The van der Waals surface area contributed by atoms with E-state index in [1.165, 1.54) is 10.5 Å². The molecule has 5 heteroatoms. The number of benzene rings is 1. The van der Waals surface area contributed by atoms with Crippen molar-refractivity contribution >= 4 is 17.7 Å². The molecular formula is C19H24N2O3. The van der Waals surface area contributed by atoms with E-state index < -0.39 is 0 Å². The van der Waals surface area contributed by atoms with Crippen LogP contribution in [0.15, 0.2) is 24.3 Å². The molecule has 2 unspecified atom stereocenters. The molecule has 2 fully saturated rings. The molecule has 1 aliphatic carbocycles. The highest BCUT2D eigenvalue weighted by atomic mass is 16.2. The van der Waals surface area contributed by atoms with Crippen molar-refractivity contribution in [2.24, 2.45) is 11.8 Å². The van der Waals surface area contributed by atoms with Crippen molar-refractivity contribution in [1.82, 2.24) is 9.80 Å². The molecule has 1 aromatic carbocycles. The second kappa shape index (κ2) is 6.75. The summed E-state index contributed by atoms with van der Waals surface area (Å²) in [6, 6.07) is 7.98. The molecule has 1 aliphatic heterocycles. The van der Waals surface area contributed by atoms with Crippen LogP contribution >= 0.6 is 0 Å². The van der Waals surface area contributed by atoms with E-state index in [4.69, 9.17) is 0 Å². The Balaban J connectivity index is 1.62. The van der Waals surface area contributed by atoms with Gasteiger partial charge in [0.2, 0.25) is 17.7 Å². The molecule has 1 heterocycles. The fraction of sp³-hybridized carbons (Fsp3) is 0.526. The average Bonchev–Trinajstić information content (AvgIpc) is 2.82. The Hall–Kier alpha value is -2.17. The third-order valence-electron chi connectivity index (χ3n) is 5.19. The van der Waals surface area contributed by atoms with E-state index in [9.17, 15) is 14.4 Å². The number of amides is 3. The van der Waals surface area contributed by atoms with E-state index in [-0.39, 0.29) is 36.1 Å². The molecule has 2 aliphatic rings. The molecule has 0 radical (unpaired) electrons. The maximum absolute atomic E-state index is 12.4. The van der Waals surface area contributed by atoms with Gasteiger partial charge in [0.15, 0.2) is 0 Å². The van der Waals surface area contributed by atoms with Crippen LogP contribution in [-0.2, 0) is 20.9 Å². The SMILES string of the molecule is Cc1ccc(CN(C)C(=O)CN2C(=O)C3CCCCC3C2=O)cc1. The first-order valence-electron chi connectivity index (χ1n) is 8.62. The Kier molecular flexibility index (Phi) is 4.69. The normalized spacial score (nSPS) is 23.3. The van der Waals surface area contributed by atoms with E-state index in [0.717, 1.165) is 31.2 Å². The topological polar surface area (TPSA) is 57.7 Å². The summed E-state index contributed by atoms with van der Waals surface area (Å²) in [4.78, 5) is 40.1. The van der Waals surface area contributed by atoms with Crippen LogP contribution in [0.1, 0.15) is 36.8 Å². The van der Waals surface area contributed by atoms with Crippen molar-refractivity contribution < 1.29 is 14.4 Å². The van der Waals surface area contributed by atoms with Gasteiger partial charge in [0.1, 0.15) is 6.54 Å². The molecule has 0 aromatic heterocycles. The third kappa shape index (κ3) is 3.21. The zero-order valence-electron chi connectivity index (χ0n) is 14.3. The van der Waals surface area contributed by atoms with E-state index >= 15 is 0 Å². The fourth-order valence-corrected chi connectivity index (χ4v) is 3.70. The van der Waals surface area contributed by atoms with Crippen LogP contribution in [0.3, 0.4) is 0 Å². The Morgan fingerprint density at radius 1 is 1.08 bits per heavy atom. The molecule has 0 bridgehead atoms. The molecule has 0 N–H and O–H groups in total. The molecule has 2 atom stereocenters. The van der Waals surface area contributed by atoms with Gasteiger partial charge in [0.25, 0.3) is 0 Å². The smallest absolute Gasteiger partial charge is 0.242 e. The van der Waals surface area contributed by atoms with Crippen molar-refractivity contribution in [3.63, 3.8) is 0 Å². The number of likely N-dealkylation sites (tertiary alicyclic amines) is 1. The number of carbonyl (C=O) groups excluding carboxylic acids is 3. The summed E-state index contributed by atoms with van der Waals surface area (Å²) in [5.41, 5.74) is 2.20. The lowest BCUT2D eigenvalue weighted by Gasteiger charge is -2.21. The summed E-state index contributed by atoms with van der Waals surface area (Å²) in [6.07, 6.45) is 3.54. The Morgan fingerprint density at radius 2 is 1.62 bits per heavy atom. The number of carbonyl (C=O) groups is 3. The van der Waals surface area contributed by atoms with Crippen molar-refractivity contribution in [3.8, 4) is 0 Å². The van der Waals surface area contributed by atoms with Crippen LogP contribution < -0.4 is 0 Å². The van der Waals surface area contributed by atoms with Crippen LogP contribution in [0, 0.1) is 18.8 Å². The number of aryl methyl sites for hydroxylation is 1. The lowest BCUT2D eigenvalue weighted by Crippen LogP contribution is -2.41. The minimum absolute atomic E-state index is 0.132. The molecular weight excluding hydrogens is 304 g/mol. The van der Waals surface area contributed by atoms with Gasteiger partial charge in [-0.2, -0.15) is 0 Å². The van der Waals surface area contributed by atoms with Crippen molar-refractivity contribution in [3.05, 3.63) is 35.4 Å². The average molecular weight is 328 g/mol. The van der Waals surface area contributed by atoms with Crippen LogP contribution in [-0.4, -0.2) is 41.1 Å². The summed E-state index contributed by atoms with van der Waals surface area (Å²) in [5.74, 6) is -0.887. The monoisotopic (exact) mass is 328 g/mol. The van der Waals surface area contributed by atoms with E-state index in [2.05, 4.69) is 0 Å². The van der Waals surface area contributed by atoms with Crippen LogP contribution in [0.2, 0.25) is 0 Å². The first-order chi connectivity index (χ1) is 11.5. The molecule has 24 heavy (non-hydrogen) atoms. The minimum atomic E-state index is -0.198. The van der Waals surface area contributed by atoms with Gasteiger partial charge in [-0.05, 0) is 25.3 Å². The first-order valence-corrected chi connectivity index (χ1v) is 8.62. The summed E-state index contributed by atoms with van der Waals surface area (Å²) < 4.78 is 0. The number of hydrogen-bond donors (Lipinski definition) is 0. The summed E-state index contributed by atoms with van der Waals surface area (Å²) >= 11 is 0. The Bertz CT molecular complexity index is 629. The number of hydrogen-bond acceptors (Lipinski definition) is 3. The molecule has 1 saturated carbocycles. The second-order valence-corrected chi connectivity index (χ2v) is 7.00. The van der Waals surface area contributed by atoms with Crippen molar-refractivity contribution in [2.45, 2.75) is 39.2 Å². The number of nitrogens with zero attached hydrogens (tertiary/aromatic N) is 2. The quantitative estimate of drug-likeness (QED) is 0.796. The largest absolute Gasteiger partial charge is 0.340 e. The molecule has 1 saturated heterocycles. The summed E-state index contributed by atoms with van der Waals surface area (Å²) in [6.45, 7) is 2.36. The third-order valence-corrected chi connectivity index (χ3v) is 5.19. The molecule has 3 amide bonds. The summed E-state index contributed by atoms with van der Waals surface area (Å²) in [7, 11) is 1.71. The molecule has 5 nitrogen and oxygen atoms in total. The van der Waals surface area contributed by atoms with E-state index in [1.807, 2.05) is 31.2 Å². The Labute approximate surface area is 142 Å². The molecule has 128 valence electrons. The Morgan fingerprint density at radius 3 is 2.17 bits per heavy atom. The molecule has 0 spiro atoms. The van der Waals surface area contributed by atoms with Crippen LogP contribution in [0.25, 0.3) is 0 Å². The predicted molar refractivity (Wildman–Crippen MR) is 89.8 cm³/mol. The van der Waals surface area contributed by atoms with Gasteiger partial charge < -0.3 is 4.90 Å². The first kappa shape index (κ1) is 16.7. The highest BCUT2D eigenvalue weighted by Crippen LogP contribution is 2.37. The van der Waals surface area contributed by atoms with E-state index in [1.54, 1.807) is 11.9 Å². The fourth-order valence-electron chi connectivity index (χ4n) is 3.70. The maximum Gasteiger partial charge on any atom is 0.242 e. The van der Waals surface area contributed by atoms with Crippen molar-refractivity contribution in [2.75, 3.05) is 13.6 Å². The summed E-state index contributed by atoms with van der Waals surface area (Å²) in [5, 5.41) is 0. The highest BCUT2D eigenvalue weighted by Gasteiger charge is 2.48. The standard InChI is InChI=1S/C19H24N2O3/c1-13-7-9-14(10-8-13)11-20(2)17(22)12-21-18(23)15-5-3-4-6-16(15)19(21)24/h7-10,15-16H,3-6,11-12H2,1-2H3. The maximum atomic E-state index is 12.4. The lowest BCUT2D eigenvalue weighted by atomic mass is 9.81. The number of likely N-dealkylation sites (N-methyl/N-ethyl adjacent to an activating group) is 1.